The maximum atomic E-state index is 13.2. The summed E-state index contributed by atoms with van der Waals surface area (Å²) >= 11 is 6.73. The lowest BCUT2D eigenvalue weighted by Crippen LogP contribution is -2.56. The minimum Gasteiger partial charge on any atom is -0.379 e. The van der Waals surface area contributed by atoms with Crippen molar-refractivity contribution in [2.75, 3.05) is 49.6 Å². The van der Waals surface area contributed by atoms with Crippen LogP contribution in [0.1, 0.15) is 38.2 Å². The van der Waals surface area contributed by atoms with Crippen LogP contribution in [0.25, 0.3) is 10.8 Å². The summed E-state index contributed by atoms with van der Waals surface area (Å²) in [5.74, 6) is 1.13. The van der Waals surface area contributed by atoms with Crippen LogP contribution in [0, 0.1) is 11.8 Å². The average molecular weight is 523 g/mol. The number of anilines is 2. The van der Waals surface area contributed by atoms with Crippen LogP contribution in [0.5, 0.6) is 0 Å². The molecule has 3 fully saturated rings. The lowest BCUT2D eigenvalue weighted by Gasteiger charge is -2.44. The SMILES string of the molecule is CC[C@H]1[C@H](C(=O)Nc2cc3cc(N4CCN([C@]5(C)CCOC5)CC4)c(Cl)cc3cn2)[C@H]1c1cnn(C)c1. The van der Waals surface area contributed by atoms with Crippen LogP contribution in [0.3, 0.4) is 0 Å². The first-order valence-corrected chi connectivity index (χ1v) is 13.7. The number of aryl methyl sites for hydroxylation is 1. The Hall–Kier alpha value is -2.68. The Bertz CT molecular complexity index is 1310. The summed E-state index contributed by atoms with van der Waals surface area (Å²) in [5.41, 5.74) is 2.32. The van der Waals surface area contributed by atoms with E-state index >= 15 is 0 Å². The minimum absolute atomic E-state index is 0.0299. The smallest absolute Gasteiger partial charge is 0.229 e. The van der Waals surface area contributed by atoms with Gasteiger partial charge in [0.1, 0.15) is 5.82 Å². The fourth-order valence-corrected chi connectivity index (χ4v) is 6.66. The van der Waals surface area contributed by atoms with Crippen LogP contribution in [-0.4, -0.2) is 70.5 Å². The lowest BCUT2D eigenvalue weighted by atomic mass is 9.98. The molecule has 37 heavy (non-hydrogen) atoms. The second kappa shape index (κ2) is 9.57. The van der Waals surface area contributed by atoms with Gasteiger partial charge < -0.3 is 15.0 Å². The maximum absolute atomic E-state index is 13.2. The molecule has 1 amide bonds. The molecular weight excluding hydrogens is 488 g/mol. The van der Waals surface area contributed by atoms with Crippen molar-refractivity contribution in [3.63, 3.8) is 0 Å². The third-order valence-electron chi connectivity index (χ3n) is 8.67. The number of amides is 1. The minimum atomic E-state index is -0.0455. The lowest BCUT2D eigenvalue weighted by molar-refractivity contribution is -0.117. The molecule has 8 nitrogen and oxygen atoms in total. The van der Waals surface area contributed by atoms with Crippen LogP contribution in [0.4, 0.5) is 11.5 Å². The molecule has 1 saturated carbocycles. The first-order chi connectivity index (χ1) is 17.9. The Morgan fingerprint density at radius 1 is 1.19 bits per heavy atom. The highest BCUT2D eigenvalue weighted by molar-refractivity contribution is 6.34. The van der Waals surface area contributed by atoms with Crippen molar-refractivity contribution >= 4 is 39.8 Å². The van der Waals surface area contributed by atoms with E-state index in [9.17, 15) is 4.79 Å². The van der Waals surface area contributed by atoms with E-state index in [0.717, 1.165) is 79.3 Å². The van der Waals surface area contributed by atoms with Crippen molar-refractivity contribution < 1.29 is 9.53 Å². The Labute approximate surface area is 222 Å². The van der Waals surface area contributed by atoms with Crippen LogP contribution in [0.15, 0.2) is 36.8 Å². The Morgan fingerprint density at radius 2 is 2.00 bits per heavy atom. The highest BCUT2D eigenvalue weighted by Gasteiger charge is 2.54. The van der Waals surface area contributed by atoms with E-state index in [1.165, 1.54) is 0 Å². The van der Waals surface area contributed by atoms with Gasteiger partial charge >= 0.3 is 0 Å². The van der Waals surface area contributed by atoms with Gasteiger partial charge in [-0.05, 0) is 48.4 Å². The number of hydrogen-bond acceptors (Lipinski definition) is 6. The topological polar surface area (TPSA) is 75.5 Å². The van der Waals surface area contributed by atoms with E-state index in [1.54, 1.807) is 10.9 Å². The number of ether oxygens (including phenoxy) is 1. The Kier molecular flexibility index (Phi) is 6.37. The van der Waals surface area contributed by atoms with Gasteiger partial charge in [0.15, 0.2) is 0 Å². The highest BCUT2D eigenvalue weighted by atomic mass is 35.5. The molecule has 0 bridgehead atoms. The number of fused-ring (bicyclic) bond motifs is 1. The van der Waals surface area contributed by atoms with Gasteiger partial charge in [-0.15, -0.1) is 0 Å². The van der Waals surface area contributed by atoms with Crippen LogP contribution in [0.2, 0.25) is 5.02 Å². The molecule has 3 aromatic rings. The van der Waals surface area contributed by atoms with Crippen molar-refractivity contribution in [2.45, 2.75) is 38.1 Å². The van der Waals surface area contributed by atoms with E-state index in [2.05, 4.69) is 45.1 Å². The van der Waals surface area contributed by atoms with E-state index < -0.39 is 0 Å². The Morgan fingerprint density at radius 3 is 2.68 bits per heavy atom. The molecule has 2 aliphatic heterocycles. The van der Waals surface area contributed by atoms with Gasteiger partial charge in [-0.1, -0.05) is 24.9 Å². The molecular formula is C28H35ClN6O2. The second-order valence-corrected chi connectivity index (χ2v) is 11.5. The largest absolute Gasteiger partial charge is 0.379 e. The van der Waals surface area contributed by atoms with Crippen LogP contribution < -0.4 is 10.2 Å². The maximum Gasteiger partial charge on any atom is 0.229 e. The third kappa shape index (κ3) is 4.60. The molecule has 0 radical (unpaired) electrons. The van der Waals surface area contributed by atoms with Crippen molar-refractivity contribution in [2.24, 2.45) is 18.9 Å². The van der Waals surface area contributed by atoms with E-state index in [1.807, 2.05) is 31.6 Å². The molecule has 9 heteroatoms. The van der Waals surface area contributed by atoms with Crippen LogP contribution in [-0.2, 0) is 16.6 Å². The average Bonchev–Trinajstić information content (AvgIpc) is 3.18. The molecule has 3 aliphatic rings. The first kappa shape index (κ1) is 24.6. The molecule has 2 aromatic heterocycles. The number of benzene rings is 1. The summed E-state index contributed by atoms with van der Waals surface area (Å²) < 4.78 is 7.47. The number of hydrogen-bond donors (Lipinski definition) is 1. The van der Waals surface area contributed by atoms with E-state index in [0.29, 0.717) is 11.7 Å². The fraction of sp³-hybridized carbons (Fsp3) is 0.536. The third-order valence-corrected chi connectivity index (χ3v) is 8.98. The molecule has 1 N–H and O–H groups in total. The number of nitrogens with zero attached hydrogens (tertiary/aromatic N) is 5. The zero-order chi connectivity index (χ0) is 25.7. The highest BCUT2D eigenvalue weighted by Crippen LogP contribution is 2.56. The summed E-state index contributed by atoms with van der Waals surface area (Å²) in [6.45, 7) is 9.94. The van der Waals surface area contributed by atoms with E-state index in [4.69, 9.17) is 16.3 Å². The molecule has 0 spiro atoms. The summed E-state index contributed by atoms with van der Waals surface area (Å²) in [6.07, 6.45) is 7.74. The fourth-order valence-electron chi connectivity index (χ4n) is 6.37. The predicted molar refractivity (Wildman–Crippen MR) is 146 cm³/mol. The molecule has 4 heterocycles. The summed E-state index contributed by atoms with van der Waals surface area (Å²) in [5, 5.41) is 10.1. The number of rotatable bonds is 6. The molecule has 0 unspecified atom stereocenters. The molecule has 1 aromatic carbocycles. The number of carbonyl (C=O) groups is 1. The molecule has 1 aliphatic carbocycles. The molecule has 2 saturated heterocycles. The van der Waals surface area contributed by atoms with Gasteiger partial charge in [-0.3, -0.25) is 14.4 Å². The molecule has 6 rings (SSSR count). The van der Waals surface area contributed by atoms with Gasteiger partial charge in [0.2, 0.25) is 5.91 Å². The summed E-state index contributed by atoms with van der Waals surface area (Å²) in [6, 6.07) is 6.08. The normalized spacial score (nSPS) is 28.1. The van der Waals surface area contributed by atoms with Gasteiger partial charge in [0.25, 0.3) is 0 Å². The number of carbonyl (C=O) groups excluding carboxylic acids is 1. The number of pyridine rings is 1. The van der Waals surface area contributed by atoms with Gasteiger partial charge in [0, 0.05) is 75.0 Å². The standard InChI is InChI=1S/C28H35ClN6O2/c1-4-21-25(20-15-31-33(3)16-20)26(21)27(36)32-24-13-18-12-23(22(29)11-19(18)14-30-24)34-6-8-35(9-7-34)28(2)5-10-37-17-28/h11-16,21,25-26H,4-10,17H2,1-3H3,(H,30,32,36)/t21-,25+,26+,28-/m1/s1. The van der Waals surface area contributed by atoms with Crippen molar-refractivity contribution in [3.8, 4) is 0 Å². The zero-order valence-corrected chi connectivity index (χ0v) is 22.5. The van der Waals surface area contributed by atoms with Crippen LogP contribution >= 0.6 is 11.6 Å². The zero-order valence-electron chi connectivity index (χ0n) is 21.8. The first-order valence-electron chi connectivity index (χ1n) is 13.3. The van der Waals surface area contributed by atoms with Crippen molar-refractivity contribution in [1.82, 2.24) is 19.7 Å². The molecule has 196 valence electrons. The van der Waals surface area contributed by atoms with Gasteiger partial charge in [-0.2, -0.15) is 5.10 Å². The van der Waals surface area contributed by atoms with Crippen molar-refractivity contribution in [3.05, 3.63) is 47.4 Å². The van der Waals surface area contributed by atoms with Crippen molar-refractivity contribution in [1.29, 1.82) is 0 Å². The number of halogens is 1. The quantitative estimate of drug-likeness (QED) is 0.520. The monoisotopic (exact) mass is 522 g/mol. The predicted octanol–water partition coefficient (Wildman–Crippen LogP) is 4.30. The summed E-state index contributed by atoms with van der Waals surface area (Å²) in [4.78, 5) is 22.6. The second-order valence-electron chi connectivity index (χ2n) is 11.1. The Balaban J connectivity index is 1.16. The number of piperazine rings is 1. The summed E-state index contributed by atoms with van der Waals surface area (Å²) in [7, 11) is 1.91. The molecule has 4 atom stereocenters. The van der Waals surface area contributed by atoms with E-state index in [-0.39, 0.29) is 23.3 Å². The number of nitrogens with one attached hydrogen (secondary N) is 1. The number of aromatic nitrogens is 3. The van der Waals surface area contributed by atoms with Gasteiger partial charge in [0.05, 0.1) is 23.5 Å². The van der Waals surface area contributed by atoms with Gasteiger partial charge in [-0.25, -0.2) is 4.98 Å².